The quantitative estimate of drug-likeness (QED) is 0.827. The van der Waals surface area contributed by atoms with Crippen LogP contribution in [0, 0.1) is 0 Å². The molecule has 0 spiro atoms. The maximum atomic E-state index is 6.31. The molecule has 2 aromatic carbocycles. The van der Waals surface area contributed by atoms with Gasteiger partial charge in [-0.05, 0) is 30.3 Å². The van der Waals surface area contributed by atoms with E-state index in [9.17, 15) is 0 Å². The van der Waals surface area contributed by atoms with Crippen molar-refractivity contribution in [2.45, 2.75) is 10.4 Å². The lowest BCUT2D eigenvalue weighted by molar-refractivity contribution is 0.262. The Balaban J connectivity index is 1.31. The van der Waals surface area contributed by atoms with Crippen LogP contribution >= 0.6 is 35.0 Å². The summed E-state index contributed by atoms with van der Waals surface area (Å²) in [4.78, 5) is 8.47. The van der Waals surface area contributed by atoms with E-state index in [4.69, 9.17) is 28.9 Å². The van der Waals surface area contributed by atoms with Crippen LogP contribution < -0.4 is 15.5 Å². The van der Waals surface area contributed by atoms with Crippen LogP contribution in [0.3, 0.4) is 0 Å². The zero-order chi connectivity index (χ0) is 18.1. The molecule has 2 aromatic rings. The van der Waals surface area contributed by atoms with E-state index in [1.807, 2.05) is 18.2 Å². The lowest BCUT2D eigenvalue weighted by atomic mass is 10.2. The third-order valence-corrected chi connectivity index (χ3v) is 6.86. The molecule has 0 radical (unpaired) electrons. The number of hydrogen-bond acceptors (Lipinski definition) is 5. The van der Waals surface area contributed by atoms with Crippen molar-refractivity contribution in [3.05, 3.63) is 52.5 Å². The molecule has 2 aliphatic rings. The van der Waals surface area contributed by atoms with Gasteiger partial charge in [0.15, 0.2) is 0 Å². The molecule has 0 aromatic heterocycles. The molecular weight excluding hydrogens is 387 g/mol. The van der Waals surface area contributed by atoms with Gasteiger partial charge in [0.25, 0.3) is 0 Å². The fraction of sp³-hybridized carbons (Fsp3) is 0.368. The van der Waals surface area contributed by atoms with Crippen LogP contribution in [0.15, 0.2) is 47.4 Å². The molecular formula is C19H22Cl2N4S. The van der Waals surface area contributed by atoms with E-state index in [0.29, 0.717) is 10.0 Å². The normalized spacial score (nSPS) is 20.5. The first-order valence-corrected chi connectivity index (χ1v) is 10.5. The van der Waals surface area contributed by atoms with Crippen molar-refractivity contribution in [2.75, 3.05) is 49.1 Å². The number of para-hydroxylation sites is 1. The molecule has 4 rings (SSSR count). The summed E-state index contributed by atoms with van der Waals surface area (Å²) in [5.41, 5.74) is 8.73. The standard InChI is InChI=1S/C19H22Cl2N4S/c20-15-6-5-14(13-16(15)21)24-10-7-23(8-11-24)9-12-25-17-3-1-2-4-18(17)26-19(25)22/h1-6,13,19H,7-12,22H2. The number of benzene rings is 2. The molecule has 4 nitrogen and oxygen atoms in total. The summed E-state index contributed by atoms with van der Waals surface area (Å²) in [6, 6.07) is 14.3. The largest absolute Gasteiger partial charge is 0.369 e. The summed E-state index contributed by atoms with van der Waals surface area (Å²) in [6.07, 6.45) is 0. The average Bonchev–Trinajstić information content (AvgIpc) is 2.98. The molecule has 2 heterocycles. The van der Waals surface area contributed by atoms with Gasteiger partial charge in [-0.15, -0.1) is 0 Å². The molecule has 2 aliphatic heterocycles. The molecule has 0 saturated carbocycles. The van der Waals surface area contributed by atoms with Gasteiger partial charge in [-0.3, -0.25) is 4.90 Å². The van der Waals surface area contributed by atoms with Gasteiger partial charge in [0.05, 0.1) is 15.7 Å². The molecule has 7 heteroatoms. The molecule has 0 bridgehead atoms. The third-order valence-electron chi connectivity index (χ3n) is 5.03. The van der Waals surface area contributed by atoms with Gasteiger partial charge < -0.3 is 15.5 Å². The van der Waals surface area contributed by atoms with Crippen molar-refractivity contribution < 1.29 is 0 Å². The molecule has 0 aliphatic carbocycles. The van der Waals surface area contributed by atoms with Gasteiger partial charge in [0.2, 0.25) is 0 Å². The Morgan fingerprint density at radius 3 is 2.50 bits per heavy atom. The van der Waals surface area contributed by atoms with E-state index in [1.54, 1.807) is 11.8 Å². The third kappa shape index (κ3) is 3.78. The second-order valence-electron chi connectivity index (χ2n) is 6.60. The second-order valence-corrected chi connectivity index (χ2v) is 8.57. The van der Waals surface area contributed by atoms with Crippen molar-refractivity contribution in [3.63, 3.8) is 0 Å². The molecule has 0 amide bonds. The molecule has 26 heavy (non-hydrogen) atoms. The highest BCUT2D eigenvalue weighted by Gasteiger charge is 2.27. The number of nitrogens with zero attached hydrogens (tertiary/aromatic N) is 3. The summed E-state index contributed by atoms with van der Waals surface area (Å²) in [5.74, 6) is 0. The number of rotatable bonds is 4. The summed E-state index contributed by atoms with van der Waals surface area (Å²) in [7, 11) is 0. The molecule has 1 fully saturated rings. The minimum Gasteiger partial charge on any atom is -0.369 e. The number of nitrogens with two attached hydrogens (primary N) is 1. The predicted octanol–water partition coefficient (Wildman–Crippen LogP) is 3.97. The first-order valence-electron chi connectivity index (χ1n) is 8.82. The van der Waals surface area contributed by atoms with E-state index < -0.39 is 0 Å². The minimum atomic E-state index is 0.0184. The predicted molar refractivity (Wildman–Crippen MR) is 113 cm³/mol. The maximum absolute atomic E-state index is 6.31. The first-order chi connectivity index (χ1) is 12.6. The summed E-state index contributed by atoms with van der Waals surface area (Å²) in [6.45, 7) is 6.05. The fourth-order valence-electron chi connectivity index (χ4n) is 3.53. The van der Waals surface area contributed by atoms with Crippen LogP contribution in [-0.4, -0.2) is 49.7 Å². The lowest BCUT2D eigenvalue weighted by Gasteiger charge is -2.37. The fourth-order valence-corrected chi connectivity index (χ4v) is 4.90. The molecule has 1 unspecified atom stereocenters. The van der Waals surface area contributed by atoms with Crippen LogP contribution in [-0.2, 0) is 0 Å². The van der Waals surface area contributed by atoms with Crippen LogP contribution in [0.4, 0.5) is 11.4 Å². The molecule has 2 N–H and O–H groups in total. The number of thioether (sulfide) groups is 1. The lowest BCUT2D eigenvalue weighted by Crippen LogP contribution is -2.49. The zero-order valence-corrected chi connectivity index (χ0v) is 16.8. The minimum absolute atomic E-state index is 0.0184. The summed E-state index contributed by atoms with van der Waals surface area (Å²) in [5, 5.41) is 1.22. The van der Waals surface area contributed by atoms with Crippen LogP contribution in [0.1, 0.15) is 0 Å². The van der Waals surface area contributed by atoms with Crippen LogP contribution in [0.5, 0.6) is 0 Å². The number of piperazine rings is 1. The number of halogens is 2. The zero-order valence-electron chi connectivity index (χ0n) is 14.4. The van der Waals surface area contributed by atoms with Crippen molar-refractivity contribution in [1.29, 1.82) is 0 Å². The van der Waals surface area contributed by atoms with E-state index in [2.05, 4.69) is 39.0 Å². The Morgan fingerprint density at radius 2 is 1.73 bits per heavy atom. The molecule has 138 valence electrons. The number of hydrogen-bond donors (Lipinski definition) is 1. The van der Waals surface area contributed by atoms with Crippen molar-refractivity contribution in [3.8, 4) is 0 Å². The SMILES string of the molecule is NC1Sc2ccccc2N1CCN1CCN(c2ccc(Cl)c(Cl)c2)CC1. The highest BCUT2D eigenvalue weighted by Crippen LogP contribution is 2.40. The van der Waals surface area contributed by atoms with Gasteiger partial charge in [-0.2, -0.15) is 0 Å². The van der Waals surface area contributed by atoms with Crippen LogP contribution in [0.2, 0.25) is 10.0 Å². The smallest absolute Gasteiger partial charge is 0.130 e. The number of fused-ring (bicyclic) bond motifs is 1. The second kappa shape index (κ2) is 7.87. The Hall–Kier alpha value is -1.11. The Labute approximate surface area is 168 Å². The Kier molecular flexibility index (Phi) is 5.53. The van der Waals surface area contributed by atoms with E-state index in [-0.39, 0.29) is 5.50 Å². The van der Waals surface area contributed by atoms with E-state index >= 15 is 0 Å². The highest BCUT2D eigenvalue weighted by molar-refractivity contribution is 8.00. The maximum Gasteiger partial charge on any atom is 0.130 e. The van der Waals surface area contributed by atoms with E-state index in [0.717, 1.165) is 45.0 Å². The topological polar surface area (TPSA) is 35.7 Å². The Bertz CT molecular complexity index is 780. The number of anilines is 2. The van der Waals surface area contributed by atoms with E-state index in [1.165, 1.54) is 10.6 Å². The van der Waals surface area contributed by atoms with Crippen molar-refractivity contribution in [2.24, 2.45) is 5.73 Å². The molecule has 1 atom stereocenters. The van der Waals surface area contributed by atoms with Crippen molar-refractivity contribution in [1.82, 2.24) is 4.90 Å². The monoisotopic (exact) mass is 408 g/mol. The van der Waals surface area contributed by atoms with Gasteiger partial charge in [-0.25, -0.2) is 0 Å². The van der Waals surface area contributed by atoms with Gasteiger partial charge in [-0.1, -0.05) is 47.1 Å². The Morgan fingerprint density at radius 1 is 0.962 bits per heavy atom. The summed E-state index contributed by atoms with van der Waals surface area (Å²) < 4.78 is 0. The average molecular weight is 409 g/mol. The molecule has 1 saturated heterocycles. The van der Waals surface area contributed by atoms with Gasteiger partial charge in [0.1, 0.15) is 5.50 Å². The van der Waals surface area contributed by atoms with Gasteiger partial charge in [0, 0.05) is 49.9 Å². The summed E-state index contributed by atoms with van der Waals surface area (Å²) >= 11 is 13.9. The highest BCUT2D eigenvalue weighted by atomic mass is 35.5. The van der Waals surface area contributed by atoms with Crippen LogP contribution in [0.25, 0.3) is 0 Å². The first kappa shape index (κ1) is 18.3. The van der Waals surface area contributed by atoms with Crippen molar-refractivity contribution >= 4 is 46.3 Å². The van der Waals surface area contributed by atoms with Gasteiger partial charge >= 0.3 is 0 Å².